The zero-order chi connectivity index (χ0) is 21.4. The number of fused-ring (bicyclic) bond motifs is 1. The molecule has 2 aliphatic heterocycles. The number of H-pyrrole nitrogens is 1. The molecule has 3 aliphatic rings. The molecule has 3 fully saturated rings. The van der Waals surface area contributed by atoms with Gasteiger partial charge in [0.15, 0.2) is 0 Å². The molecular formula is C21H28F3N7. The zero-order valence-electron chi connectivity index (χ0n) is 17.3. The molecule has 0 radical (unpaired) electrons. The smallest absolute Gasteiger partial charge is 0.314 e. The lowest BCUT2D eigenvalue weighted by atomic mass is 9.79. The number of piperazine rings is 1. The van der Waals surface area contributed by atoms with Crippen molar-refractivity contribution in [2.24, 2.45) is 0 Å². The van der Waals surface area contributed by atoms with Crippen LogP contribution in [0.25, 0.3) is 11.4 Å². The molecule has 7 nitrogen and oxygen atoms in total. The summed E-state index contributed by atoms with van der Waals surface area (Å²) in [5.74, 6) is 0.422. The number of alkyl halides is 3. The Hall–Kier alpha value is -2.04. The quantitative estimate of drug-likeness (QED) is 0.685. The van der Waals surface area contributed by atoms with Crippen LogP contribution >= 0.6 is 0 Å². The first-order valence-corrected chi connectivity index (χ1v) is 11.1. The molecule has 168 valence electrons. The van der Waals surface area contributed by atoms with Crippen molar-refractivity contribution in [1.29, 1.82) is 0 Å². The molecule has 31 heavy (non-hydrogen) atoms. The molecule has 0 bridgehead atoms. The van der Waals surface area contributed by atoms with E-state index in [1.807, 2.05) is 0 Å². The van der Waals surface area contributed by atoms with Crippen molar-refractivity contribution in [3.05, 3.63) is 29.3 Å². The van der Waals surface area contributed by atoms with Gasteiger partial charge in [0.05, 0.1) is 5.56 Å². The van der Waals surface area contributed by atoms with Gasteiger partial charge in [-0.3, -0.25) is 4.90 Å². The molecule has 1 aromatic heterocycles. The number of nitrogens with one attached hydrogen (secondary N) is 3. The predicted octanol–water partition coefficient (Wildman–Crippen LogP) is 2.55. The van der Waals surface area contributed by atoms with E-state index in [1.54, 1.807) is 6.07 Å². The van der Waals surface area contributed by atoms with Crippen LogP contribution in [-0.4, -0.2) is 69.8 Å². The molecule has 5 rings (SSSR count). The van der Waals surface area contributed by atoms with Crippen LogP contribution in [0.15, 0.2) is 18.2 Å². The van der Waals surface area contributed by atoms with Crippen LogP contribution in [0.4, 0.5) is 13.2 Å². The summed E-state index contributed by atoms with van der Waals surface area (Å²) in [6.45, 7) is 4.40. The summed E-state index contributed by atoms with van der Waals surface area (Å²) in [5, 5.41) is 21.1. The van der Waals surface area contributed by atoms with E-state index in [1.165, 1.54) is 12.5 Å². The van der Waals surface area contributed by atoms with Gasteiger partial charge in [-0.1, -0.05) is 6.07 Å². The number of hydrogen-bond acceptors (Lipinski definition) is 6. The average Bonchev–Trinajstić information content (AvgIpc) is 3.43. The van der Waals surface area contributed by atoms with E-state index in [0.29, 0.717) is 23.7 Å². The number of hydrogen-bond donors (Lipinski definition) is 3. The number of aromatic amines is 1. The number of tetrazole rings is 1. The fourth-order valence-electron chi connectivity index (χ4n) is 5.55. The molecular weight excluding hydrogens is 407 g/mol. The summed E-state index contributed by atoms with van der Waals surface area (Å²) in [6, 6.07) is 5.59. The van der Waals surface area contributed by atoms with Gasteiger partial charge < -0.3 is 10.6 Å². The lowest BCUT2D eigenvalue weighted by Gasteiger charge is -2.32. The first-order valence-electron chi connectivity index (χ1n) is 11.1. The molecule has 0 spiro atoms. The van der Waals surface area contributed by atoms with Crippen molar-refractivity contribution in [3.8, 4) is 11.4 Å². The highest BCUT2D eigenvalue weighted by Gasteiger charge is 2.36. The van der Waals surface area contributed by atoms with E-state index in [-0.39, 0.29) is 11.7 Å². The minimum Gasteiger partial charge on any atom is -0.314 e. The van der Waals surface area contributed by atoms with Crippen LogP contribution in [0, 0.1) is 0 Å². The van der Waals surface area contributed by atoms with Crippen molar-refractivity contribution >= 4 is 0 Å². The Morgan fingerprint density at radius 2 is 1.94 bits per heavy atom. The number of benzene rings is 1. The lowest BCUT2D eigenvalue weighted by Crippen LogP contribution is -2.47. The molecule has 1 aromatic carbocycles. The highest BCUT2D eigenvalue weighted by atomic mass is 19.4. The molecule has 0 amide bonds. The van der Waals surface area contributed by atoms with Gasteiger partial charge in [-0.15, -0.1) is 10.2 Å². The maximum absolute atomic E-state index is 13.3. The van der Waals surface area contributed by atoms with Gasteiger partial charge in [0.1, 0.15) is 0 Å². The van der Waals surface area contributed by atoms with Gasteiger partial charge in [-0.2, -0.15) is 18.4 Å². The van der Waals surface area contributed by atoms with Crippen LogP contribution in [0.3, 0.4) is 0 Å². The number of halogens is 3. The standard InChI is InChI=1S/C21H28F3N7/c22-21(23,24)14-3-6-18(19(9-14)20-27-29-30-28-20)13-1-4-15(5-2-13)26-16-10-17-11-25-7-8-31(17)12-16/h3,6,9,13,15-17,25-26H,1-2,4-5,7-8,10-12H2,(H,27,28,29,30). The Labute approximate surface area is 179 Å². The van der Waals surface area contributed by atoms with Gasteiger partial charge in [-0.05, 0) is 60.9 Å². The highest BCUT2D eigenvalue weighted by Crippen LogP contribution is 2.40. The SMILES string of the molecule is FC(F)(F)c1ccc(C2CCC(NC3CC4CNCCN4C3)CC2)c(-c2nn[nH]n2)c1. The molecule has 3 heterocycles. The van der Waals surface area contributed by atoms with Gasteiger partial charge in [0.25, 0.3) is 0 Å². The van der Waals surface area contributed by atoms with Gasteiger partial charge in [-0.25, -0.2) is 0 Å². The van der Waals surface area contributed by atoms with E-state index < -0.39 is 11.7 Å². The molecule has 1 saturated carbocycles. The number of nitrogens with zero attached hydrogens (tertiary/aromatic N) is 4. The number of rotatable bonds is 4. The fraction of sp³-hybridized carbons (Fsp3) is 0.667. The Morgan fingerprint density at radius 3 is 2.65 bits per heavy atom. The third kappa shape index (κ3) is 4.47. The summed E-state index contributed by atoms with van der Waals surface area (Å²) in [7, 11) is 0. The van der Waals surface area contributed by atoms with Crippen LogP contribution < -0.4 is 10.6 Å². The van der Waals surface area contributed by atoms with E-state index in [2.05, 4.69) is 36.2 Å². The first kappa shape index (κ1) is 20.8. The Kier molecular flexibility index (Phi) is 5.70. The molecule has 2 atom stereocenters. The lowest BCUT2D eigenvalue weighted by molar-refractivity contribution is -0.137. The third-order valence-electron chi connectivity index (χ3n) is 7.09. The van der Waals surface area contributed by atoms with E-state index in [9.17, 15) is 13.2 Å². The van der Waals surface area contributed by atoms with Crippen molar-refractivity contribution in [2.45, 2.75) is 62.3 Å². The second kappa shape index (κ2) is 8.48. The summed E-state index contributed by atoms with van der Waals surface area (Å²) >= 11 is 0. The van der Waals surface area contributed by atoms with Gasteiger partial charge >= 0.3 is 6.18 Å². The Morgan fingerprint density at radius 1 is 1.10 bits per heavy atom. The van der Waals surface area contributed by atoms with Crippen LogP contribution in [0.2, 0.25) is 0 Å². The average molecular weight is 435 g/mol. The fourth-order valence-corrected chi connectivity index (χ4v) is 5.55. The van der Waals surface area contributed by atoms with Crippen LogP contribution in [0.1, 0.15) is 49.1 Å². The monoisotopic (exact) mass is 435 g/mol. The van der Waals surface area contributed by atoms with Crippen molar-refractivity contribution in [1.82, 2.24) is 36.2 Å². The van der Waals surface area contributed by atoms with Gasteiger partial charge in [0, 0.05) is 49.9 Å². The van der Waals surface area contributed by atoms with Crippen molar-refractivity contribution < 1.29 is 13.2 Å². The topological polar surface area (TPSA) is 81.8 Å². The van der Waals surface area contributed by atoms with E-state index >= 15 is 0 Å². The maximum Gasteiger partial charge on any atom is 0.416 e. The van der Waals surface area contributed by atoms with Gasteiger partial charge in [0.2, 0.25) is 5.82 Å². The predicted molar refractivity (Wildman–Crippen MR) is 109 cm³/mol. The second-order valence-electron chi connectivity index (χ2n) is 9.04. The van der Waals surface area contributed by atoms with Crippen LogP contribution in [0.5, 0.6) is 0 Å². The minimum absolute atomic E-state index is 0.202. The van der Waals surface area contributed by atoms with Crippen molar-refractivity contribution in [3.63, 3.8) is 0 Å². The van der Waals surface area contributed by atoms with E-state index in [4.69, 9.17) is 0 Å². The van der Waals surface area contributed by atoms with E-state index in [0.717, 1.165) is 63.5 Å². The largest absolute Gasteiger partial charge is 0.416 e. The Balaban J connectivity index is 1.25. The summed E-state index contributed by atoms with van der Waals surface area (Å²) in [6.07, 6.45) is 0.717. The highest BCUT2D eigenvalue weighted by molar-refractivity contribution is 5.62. The molecule has 2 saturated heterocycles. The molecule has 3 N–H and O–H groups in total. The summed E-state index contributed by atoms with van der Waals surface area (Å²) in [4.78, 5) is 2.58. The molecule has 10 heteroatoms. The molecule has 2 unspecified atom stereocenters. The third-order valence-corrected chi connectivity index (χ3v) is 7.09. The first-order chi connectivity index (χ1) is 15.0. The minimum atomic E-state index is -4.40. The molecule has 1 aliphatic carbocycles. The number of aromatic nitrogens is 4. The van der Waals surface area contributed by atoms with Crippen LogP contribution in [-0.2, 0) is 6.18 Å². The summed E-state index contributed by atoms with van der Waals surface area (Å²) < 4.78 is 39.8. The zero-order valence-corrected chi connectivity index (χ0v) is 17.3. The summed E-state index contributed by atoms with van der Waals surface area (Å²) in [5.41, 5.74) is 0.635. The van der Waals surface area contributed by atoms with Crippen molar-refractivity contribution in [2.75, 3.05) is 26.2 Å². The second-order valence-corrected chi connectivity index (χ2v) is 9.04. The Bertz CT molecular complexity index is 864. The molecule has 2 aromatic rings. The maximum atomic E-state index is 13.3. The normalized spacial score (nSPS) is 29.8.